The first-order chi connectivity index (χ1) is 13.0. The summed E-state index contributed by atoms with van der Waals surface area (Å²) < 4.78 is 28.2. The summed E-state index contributed by atoms with van der Waals surface area (Å²) in [5.41, 5.74) is 9.08. The molecule has 0 aliphatic rings. The second-order valence-electron chi connectivity index (χ2n) is 6.11. The van der Waals surface area contributed by atoms with Crippen LogP contribution in [0.3, 0.4) is 0 Å². The van der Waals surface area contributed by atoms with Crippen LogP contribution in [-0.2, 0) is 6.42 Å². The van der Waals surface area contributed by atoms with Crippen molar-refractivity contribution in [3.63, 3.8) is 0 Å². The molecule has 7 heteroatoms. The van der Waals surface area contributed by atoms with Gasteiger partial charge in [0.05, 0.1) is 17.6 Å². The van der Waals surface area contributed by atoms with Crippen LogP contribution in [0.15, 0.2) is 60.8 Å². The Bertz CT molecular complexity index is 1170. The summed E-state index contributed by atoms with van der Waals surface area (Å²) in [6.45, 7) is 0. The standard InChI is InChI=1S/C20H14F2N4O/c21-16-6-4-12(9-17(16)22)8-15-5-7-19-24-11-18(26(19)25-15)13-2-1-3-14(10-13)20(23)27/h1-7,9-11H,8H2,(H2,23,27). The van der Waals surface area contributed by atoms with Gasteiger partial charge in [0, 0.05) is 17.5 Å². The molecular weight excluding hydrogens is 350 g/mol. The predicted octanol–water partition coefficient (Wildman–Crippen LogP) is 3.36. The van der Waals surface area contributed by atoms with E-state index in [4.69, 9.17) is 5.73 Å². The molecule has 0 bridgehead atoms. The van der Waals surface area contributed by atoms with Gasteiger partial charge in [-0.25, -0.2) is 18.3 Å². The van der Waals surface area contributed by atoms with Crippen LogP contribution in [0.1, 0.15) is 21.6 Å². The fourth-order valence-electron chi connectivity index (χ4n) is 2.89. The third kappa shape index (κ3) is 3.27. The van der Waals surface area contributed by atoms with Gasteiger partial charge in [-0.1, -0.05) is 18.2 Å². The largest absolute Gasteiger partial charge is 0.366 e. The quantitative estimate of drug-likeness (QED) is 0.603. The number of rotatable bonds is 4. The van der Waals surface area contributed by atoms with Gasteiger partial charge in [-0.15, -0.1) is 0 Å². The lowest BCUT2D eigenvalue weighted by Crippen LogP contribution is -2.10. The second-order valence-corrected chi connectivity index (χ2v) is 6.11. The van der Waals surface area contributed by atoms with E-state index in [1.807, 2.05) is 6.07 Å². The van der Waals surface area contributed by atoms with E-state index in [2.05, 4.69) is 10.1 Å². The average molecular weight is 364 g/mol. The van der Waals surface area contributed by atoms with Gasteiger partial charge in [0.25, 0.3) is 0 Å². The van der Waals surface area contributed by atoms with Crippen molar-refractivity contribution in [2.75, 3.05) is 0 Å². The van der Waals surface area contributed by atoms with Crippen LogP contribution in [-0.4, -0.2) is 20.5 Å². The predicted molar refractivity (Wildman–Crippen MR) is 96.1 cm³/mol. The highest BCUT2D eigenvalue weighted by molar-refractivity contribution is 5.94. The van der Waals surface area contributed by atoms with Crippen molar-refractivity contribution in [1.82, 2.24) is 14.6 Å². The number of hydrogen-bond donors (Lipinski definition) is 1. The van der Waals surface area contributed by atoms with Crippen molar-refractivity contribution in [3.05, 3.63) is 89.2 Å². The Kier molecular flexibility index (Phi) is 4.12. The monoisotopic (exact) mass is 364 g/mol. The molecule has 0 unspecified atom stereocenters. The van der Waals surface area contributed by atoms with Gasteiger partial charge in [0.2, 0.25) is 5.91 Å². The van der Waals surface area contributed by atoms with Gasteiger partial charge >= 0.3 is 0 Å². The van der Waals surface area contributed by atoms with Crippen LogP contribution in [0, 0.1) is 11.6 Å². The second kappa shape index (κ2) is 6.60. The molecule has 5 nitrogen and oxygen atoms in total. The van der Waals surface area contributed by atoms with Gasteiger partial charge in [0.15, 0.2) is 17.3 Å². The minimum absolute atomic E-state index is 0.339. The SMILES string of the molecule is NC(=O)c1cccc(-c2cnc3ccc(Cc4ccc(F)c(F)c4)nn23)c1. The van der Waals surface area contributed by atoms with E-state index in [1.54, 1.807) is 41.0 Å². The van der Waals surface area contributed by atoms with Crippen molar-refractivity contribution >= 4 is 11.6 Å². The number of nitrogens with zero attached hydrogens (tertiary/aromatic N) is 3. The highest BCUT2D eigenvalue weighted by Crippen LogP contribution is 2.22. The molecule has 0 fully saturated rings. The summed E-state index contributed by atoms with van der Waals surface area (Å²) >= 11 is 0. The first kappa shape index (κ1) is 16.8. The topological polar surface area (TPSA) is 73.3 Å². The van der Waals surface area contributed by atoms with E-state index < -0.39 is 17.5 Å². The maximum atomic E-state index is 13.4. The Morgan fingerprint density at radius 2 is 1.89 bits per heavy atom. The van der Waals surface area contributed by atoms with E-state index >= 15 is 0 Å². The highest BCUT2D eigenvalue weighted by atomic mass is 19.2. The Hall–Kier alpha value is -3.61. The molecule has 2 heterocycles. The van der Waals surface area contributed by atoms with Crippen LogP contribution in [0.5, 0.6) is 0 Å². The summed E-state index contributed by atoms with van der Waals surface area (Å²) in [7, 11) is 0. The normalized spacial score (nSPS) is 11.0. The van der Waals surface area contributed by atoms with Gasteiger partial charge in [-0.2, -0.15) is 5.10 Å². The Morgan fingerprint density at radius 3 is 2.67 bits per heavy atom. The molecule has 2 aromatic heterocycles. The molecule has 27 heavy (non-hydrogen) atoms. The molecule has 4 aromatic rings. The van der Waals surface area contributed by atoms with Crippen LogP contribution in [0.25, 0.3) is 16.9 Å². The third-order valence-electron chi connectivity index (χ3n) is 4.23. The third-order valence-corrected chi connectivity index (χ3v) is 4.23. The molecule has 4 rings (SSSR count). The lowest BCUT2D eigenvalue weighted by atomic mass is 10.1. The number of carbonyl (C=O) groups is 1. The lowest BCUT2D eigenvalue weighted by Gasteiger charge is -2.06. The average Bonchev–Trinajstić information content (AvgIpc) is 3.08. The first-order valence-corrected chi connectivity index (χ1v) is 8.19. The zero-order chi connectivity index (χ0) is 19.0. The molecule has 2 aromatic carbocycles. The fourth-order valence-corrected chi connectivity index (χ4v) is 2.89. The van der Waals surface area contributed by atoms with Crippen LogP contribution < -0.4 is 5.73 Å². The van der Waals surface area contributed by atoms with Gasteiger partial charge < -0.3 is 5.73 Å². The maximum absolute atomic E-state index is 13.4. The van der Waals surface area contributed by atoms with Gasteiger partial charge in [0.1, 0.15) is 0 Å². The lowest BCUT2D eigenvalue weighted by molar-refractivity contribution is 0.100. The van der Waals surface area contributed by atoms with Crippen molar-refractivity contribution in [3.8, 4) is 11.3 Å². The molecule has 2 N–H and O–H groups in total. The number of hydrogen-bond acceptors (Lipinski definition) is 3. The minimum Gasteiger partial charge on any atom is -0.366 e. The summed E-state index contributed by atoms with van der Waals surface area (Å²) in [4.78, 5) is 15.7. The number of fused-ring (bicyclic) bond motifs is 1. The zero-order valence-corrected chi connectivity index (χ0v) is 14.1. The zero-order valence-electron chi connectivity index (χ0n) is 14.1. The van der Waals surface area contributed by atoms with Crippen molar-refractivity contribution in [2.45, 2.75) is 6.42 Å². The van der Waals surface area contributed by atoms with Crippen LogP contribution >= 0.6 is 0 Å². The number of imidazole rings is 1. The molecule has 0 radical (unpaired) electrons. The molecule has 0 saturated carbocycles. The van der Waals surface area contributed by atoms with Gasteiger partial charge in [-0.3, -0.25) is 4.79 Å². The van der Waals surface area contributed by atoms with Crippen LogP contribution in [0.4, 0.5) is 8.78 Å². The summed E-state index contributed by atoms with van der Waals surface area (Å²) in [6, 6.07) is 14.2. The van der Waals surface area contributed by atoms with Crippen molar-refractivity contribution in [2.24, 2.45) is 5.73 Å². The first-order valence-electron chi connectivity index (χ1n) is 8.19. The number of aromatic nitrogens is 3. The Labute approximate surface area is 153 Å². The number of primary amides is 1. The Balaban J connectivity index is 1.74. The minimum atomic E-state index is -0.889. The van der Waals surface area contributed by atoms with E-state index in [-0.39, 0.29) is 0 Å². The summed E-state index contributed by atoms with van der Waals surface area (Å²) in [6.07, 6.45) is 2.00. The highest BCUT2D eigenvalue weighted by Gasteiger charge is 2.11. The molecule has 0 aliphatic carbocycles. The number of amides is 1. The molecular formula is C20H14F2N4O. The van der Waals surface area contributed by atoms with E-state index in [0.29, 0.717) is 34.6 Å². The molecule has 1 amide bonds. The van der Waals surface area contributed by atoms with E-state index in [1.165, 1.54) is 6.07 Å². The molecule has 0 atom stereocenters. The summed E-state index contributed by atoms with van der Waals surface area (Å²) in [5.74, 6) is -2.29. The van der Waals surface area contributed by atoms with E-state index in [0.717, 1.165) is 17.7 Å². The fraction of sp³-hybridized carbons (Fsp3) is 0.0500. The number of carbonyl (C=O) groups excluding carboxylic acids is 1. The smallest absolute Gasteiger partial charge is 0.248 e. The number of halogens is 2. The number of nitrogens with two attached hydrogens (primary N) is 1. The molecule has 134 valence electrons. The molecule has 0 spiro atoms. The maximum Gasteiger partial charge on any atom is 0.248 e. The Morgan fingerprint density at radius 1 is 1.04 bits per heavy atom. The van der Waals surface area contributed by atoms with Crippen molar-refractivity contribution in [1.29, 1.82) is 0 Å². The van der Waals surface area contributed by atoms with Crippen LogP contribution in [0.2, 0.25) is 0 Å². The molecule has 0 saturated heterocycles. The molecule has 0 aliphatic heterocycles. The van der Waals surface area contributed by atoms with Gasteiger partial charge in [-0.05, 0) is 42.0 Å². The van der Waals surface area contributed by atoms with Crippen molar-refractivity contribution < 1.29 is 13.6 Å². The van der Waals surface area contributed by atoms with E-state index in [9.17, 15) is 13.6 Å². The summed E-state index contributed by atoms with van der Waals surface area (Å²) in [5, 5.41) is 4.56. The number of benzene rings is 2.